The molecule has 1 aromatic carbocycles. The van der Waals surface area contributed by atoms with E-state index in [4.69, 9.17) is 10.00 Å². The van der Waals surface area contributed by atoms with Gasteiger partial charge >= 0.3 is 0 Å². The van der Waals surface area contributed by atoms with Crippen LogP contribution in [-0.4, -0.2) is 18.0 Å². The summed E-state index contributed by atoms with van der Waals surface area (Å²) in [5, 5.41) is 11.3. The molecule has 0 bridgehead atoms. The van der Waals surface area contributed by atoms with E-state index < -0.39 is 11.7 Å². The van der Waals surface area contributed by atoms with Crippen LogP contribution in [0.3, 0.4) is 0 Å². The summed E-state index contributed by atoms with van der Waals surface area (Å²) in [4.78, 5) is 16.0. The number of amides is 1. The van der Waals surface area contributed by atoms with Crippen molar-refractivity contribution < 1.29 is 13.9 Å². The zero-order valence-electron chi connectivity index (χ0n) is 10.6. The first kappa shape index (κ1) is 13.5. The lowest BCUT2D eigenvalue weighted by atomic mass is 10.2. The Morgan fingerprint density at radius 3 is 2.95 bits per heavy atom. The summed E-state index contributed by atoms with van der Waals surface area (Å²) in [6, 6.07) is 8.61. The van der Waals surface area contributed by atoms with Crippen LogP contribution in [-0.2, 0) is 0 Å². The first-order chi connectivity index (χ1) is 9.65. The van der Waals surface area contributed by atoms with Crippen LogP contribution in [0.15, 0.2) is 36.5 Å². The van der Waals surface area contributed by atoms with Crippen molar-refractivity contribution in [3.8, 4) is 11.9 Å². The number of methoxy groups -OCH3 is 1. The number of hydrogen-bond acceptors (Lipinski definition) is 4. The Morgan fingerprint density at radius 2 is 2.25 bits per heavy atom. The number of carbonyl (C=O) groups is 1. The van der Waals surface area contributed by atoms with Gasteiger partial charge < -0.3 is 10.1 Å². The molecule has 0 aliphatic carbocycles. The maximum Gasteiger partial charge on any atom is 0.261 e. The summed E-state index contributed by atoms with van der Waals surface area (Å²) in [6.07, 6.45) is 1.50. The van der Waals surface area contributed by atoms with E-state index in [9.17, 15) is 9.18 Å². The molecule has 0 fully saturated rings. The number of nitrogens with one attached hydrogen (secondary N) is 1. The van der Waals surface area contributed by atoms with Gasteiger partial charge in [0.1, 0.15) is 17.4 Å². The van der Waals surface area contributed by atoms with Crippen LogP contribution >= 0.6 is 0 Å². The second kappa shape index (κ2) is 5.80. The molecule has 2 aromatic rings. The Morgan fingerprint density at radius 1 is 1.45 bits per heavy atom. The van der Waals surface area contributed by atoms with Gasteiger partial charge in [-0.25, -0.2) is 9.37 Å². The Balaban J connectivity index is 2.26. The standard InChI is InChI=1S/C14H10FN3O2/c1-20-14-11(3-2-6-17-14)13(19)18-10-4-5-12(15)9(7-10)8-16/h2-7H,1H3,(H,18,19). The molecule has 0 aliphatic heterocycles. The van der Waals surface area contributed by atoms with Crippen LogP contribution in [0.4, 0.5) is 10.1 Å². The summed E-state index contributed by atoms with van der Waals surface area (Å²) in [7, 11) is 1.41. The Hall–Kier alpha value is -2.94. The fourth-order valence-electron chi connectivity index (χ4n) is 1.61. The maximum absolute atomic E-state index is 13.2. The van der Waals surface area contributed by atoms with Crippen molar-refractivity contribution >= 4 is 11.6 Å². The van der Waals surface area contributed by atoms with Crippen LogP contribution < -0.4 is 10.1 Å². The van der Waals surface area contributed by atoms with Gasteiger partial charge in [0.05, 0.1) is 12.7 Å². The smallest absolute Gasteiger partial charge is 0.261 e. The lowest BCUT2D eigenvalue weighted by molar-refractivity contribution is 0.102. The fraction of sp³-hybridized carbons (Fsp3) is 0.0714. The molecule has 20 heavy (non-hydrogen) atoms. The number of nitrogens with zero attached hydrogens (tertiary/aromatic N) is 2. The zero-order chi connectivity index (χ0) is 14.5. The van der Waals surface area contributed by atoms with E-state index in [2.05, 4.69) is 10.3 Å². The molecule has 100 valence electrons. The highest BCUT2D eigenvalue weighted by Gasteiger charge is 2.13. The van der Waals surface area contributed by atoms with Crippen molar-refractivity contribution in [3.05, 3.63) is 53.5 Å². The highest BCUT2D eigenvalue weighted by molar-refractivity contribution is 6.05. The second-order valence-corrected chi connectivity index (χ2v) is 3.82. The van der Waals surface area contributed by atoms with E-state index in [1.165, 1.54) is 25.4 Å². The number of carbonyl (C=O) groups excluding carboxylic acids is 1. The topological polar surface area (TPSA) is 75.0 Å². The summed E-state index contributed by atoms with van der Waals surface area (Å²) in [5.74, 6) is -0.900. The molecule has 1 heterocycles. The zero-order valence-corrected chi connectivity index (χ0v) is 10.6. The van der Waals surface area contributed by atoms with E-state index in [0.717, 1.165) is 6.07 Å². The number of benzene rings is 1. The predicted octanol–water partition coefficient (Wildman–Crippen LogP) is 2.35. The number of anilines is 1. The number of ether oxygens (including phenoxy) is 1. The Bertz CT molecular complexity index is 695. The van der Waals surface area contributed by atoms with Gasteiger partial charge in [-0.3, -0.25) is 4.79 Å². The second-order valence-electron chi connectivity index (χ2n) is 3.82. The predicted molar refractivity (Wildman–Crippen MR) is 69.9 cm³/mol. The van der Waals surface area contributed by atoms with Gasteiger partial charge in [0.2, 0.25) is 5.88 Å². The first-order valence-electron chi connectivity index (χ1n) is 5.65. The summed E-state index contributed by atoms with van der Waals surface area (Å²) in [6.45, 7) is 0. The average molecular weight is 271 g/mol. The molecular formula is C14H10FN3O2. The van der Waals surface area contributed by atoms with Crippen LogP contribution in [0.2, 0.25) is 0 Å². The molecule has 1 amide bonds. The summed E-state index contributed by atoms with van der Waals surface area (Å²) in [5.41, 5.74) is 0.428. The lowest BCUT2D eigenvalue weighted by Crippen LogP contribution is -2.14. The van der Waals surface area contributed by atoms with Crippen molar-refractivity contribution in [3.63, 3.8) is 0 Å². The average Bonchev–Trinajstić information content (AvgIpc) is 2.49. The first-order valence-corrected chi connectivity index (χ1v) is 5.65. The third-order valence-corrected chi connectivity index (χ3v) is 2.55. The van der Waals surface area contributed by atoms with Gasteiger partial charge in [-0.1, -0.05) is 0 Å². The van der Waals surface area contributed by atoms with E-state index in [0.29, 0.717) is 5.69 Å². The Kier molecular flexibility index (Phi) is 3.91. The highest BCUT2D eigenvalue weighted by Crippen LogP contribution is 2.18. The quantitative estimate of drug-likeness (QED) is 0.929. The van der Waals surface area contributed by atoms with Crippen molar-refractivity contribution in [1.82, 2.24) is 4.98 Å². The molecule has 0 spiro atoms. The van der Waals surface area contributed by atoms with Gasteiger partial charge in [-0.15, -0.1) is 0 Å². The molecule has 0 aliphatic rings. The van der Waals surface area contributed by atoms with Crippen LogP contribution in [0.1, 0.15) is 15.9 Å². The van der Waals surface area contributed by atoms with Gasteiger partial charge in [-0.05, 0) is 30.3 Å². The number of nitriles is 1. The molecular weight excluding hydrogens is 261 g/mol. The number of aromatic nitrogens is 1. The molecule has 0 unspecified atom stereocenters. The third kappa shape index (κ3) is 2.72. The van der Waals surface area contributed by atoms with Crippen molar-refractivity contribution in [2.24, 2.45) is 0 Å². The van der Waals surface area contributed by atoms with E-state index >= 15 is 0 Å². The van der Waals surface area contributed by atoms with Crippen molar-refractivity contribution in [2.75, 3.05) is 12.4 Å². The normalized spacial score (nSPS) is 9.65. The van der Waals surface area contributed by atoms with Gasteiger partial charge in [-0.2, -0.15) is 5.26 Å². The maximum atomic E-state index is 13.2. The molecule has 5 nitrogen and oxygen atoms in total. The molecule has 6 heteroatoms. The molecule has 1 N–H and O–H groups in total. The lowest BCUT2D eigenvalue weighted by Gasteiger charge is -2.08. The fourth-order valence-corrected chi connectivity index (χ4v) is 1.61. The number of pyridine rings is 1. The highest BCUT2D eigenvalue weighted by atomic mass is 19.1. The van der Waals surface area contributed by atoms with Gasteiger partial charge in [0, 0.05) is 11.9 Å². The minimum absolute atomic E-state index is 0.138. The number of halogens is 1. The van der Waals surface area contributed by atoms with Crippen LogP contribution in [0.5, 0.6) is 5.88 Å². The van der Waals surface area contributed by atoms with Gasteiger partial charge in [0.25, 0.3) is 5.91 Å². The van der Waals surface area contributed by atoms with Crippen LogP contribution in [0, 0.1) is 17.1 Å². The number of rotatable bonds is 3. The van der Waals surface area contributed by atoms with Gasteiger partial charge in [0.15, 0.2) is 0 Å². The molecule has 2 rings (SSSR count). The van der Waals surface area contributed by atoms with E-state index in [1.54, 1.807) is 18.2 Å². The Labute approximate surface area is 114 Å². The molecule has 1 aromatic heterocycles. The van der Waals surface area contributed by atoms with E-state index in [1.807, 2.05) is 0 Å². The SMILES string of the molecule is COc1ncccc1C(=O)Nc1ccc(F)c(C#N)c1. The number of hydrogen-bond donors (Lipinski definition) is 1. The third-order valence-electron chi connectivity index (χ3n) is 2.55. The molecule has 0 radical (unpaired) electrons. The monoisotopic (exact) mass is 271 g/mol. The van der Waals surface area contributed by atoms with Crippen molar-refractivity contribution in [1.29, 1.82) is 5.26 Å². The minimum atomic E-state index is -0.635. The summed E-state index contributed by atoms with van der Waals surface area (Å²) >= 11 is 0. The minimum Gasteiger partial charge on any atom is -0.480 e. The molecule has 0 saturated carbocycles. The molecule has 0 atom stereocenters. The van der Waals surface area contributed by atoms with Crippen LogP contribution in [0.25, 0.3) is 0 Å². The largest absolute Gasteiger partial charge is 0.480 e. The molecule has 0 saturated heterocycles. The van der Waals surface area contributed by atoms with Crippen molar-refractivity contribution in [2.45, 2.75) is 0 Å². The summed E-state index contributed by atoms with van der Waals surface area (Å²) < 4.78 is 18.2. The van der Waals surface area contributed by atoms with E-state index in [-0.39, 0.29) is 17.0 Å².